The van der Waals surface area contributed by atoms with Crippen molar-refractivity contribution in [3.05, 3.63) is 60.7 Å². The number of carbonyl (C=O) groups excluding carboxylic acids is 1. The number of benzene rings is 2. The summed E-state index contributed by atoms with van der Waals surface area (Å²) in [5.74, 6) is 0.202. The fourth-order valence-corrected chi connectivity index (χ4v) is 2.76. The highest BCUT2D eigenvalue weighted by atomic mass is 35.5. The van der Waals surface area contributed by atoms with Crippen molar-refractivity contribution in [3.63, 3.8) is 0 Å². The lowest BCUT2D eigenvalue weighted by molar-refractivity contribution is -0.115. The van der Waals surface area contributed by atoms with Crippen LogP contribution >= 0.6 is 23.4 Å². The molecule has 4 heteroatoms. The first-order chi connectivity index (χ1) is 9.29. The van der Waals surface area contributed by atoms with E-state index in [0.29, 0.717) is 0 Å². The van der Waals surface area contributed by atoms with Gasteiger partial charge in [-0.25, -0.2) is 0 Å². The van der Waals surface area contributed by atoms with E-state index < -0.39 is 0 Å². The van der Waals surface area contributed by atoms with E-state index in [1.165, 1.54) is 11.8 Å². The highest BCUT2D eigenvalue weighted by Gasteiger charge is 2.18. The van der Waals surface area contributed by atoms with Gasteiger partial charge in [-0.1, -0.05) is 36.4 Å². The first-order valence-electron chi connectivity index (χ1n) is 5.93. The summed E-state index contributed by atoms with van der Waals surface area (Å²) in [7, 11) is 0. The van der Waals surface area contributed by atoms with Gasteiger partial charge in [0.25, 0.3) is 0 Å². The molecule has 0 aliphatic carbocycles. The minimum atomic E-state index is -0.302. The first kappa shape index (κ1) is 14.0. The lowest BCUT2D eigenvalue weighted by Crippen LogP contribution is -2.26. The molecule has 0 saturated carbocycles. The lowest BCUT2D eigenvalue weighted by Gasteiger charge is -2.13. The minimum Gasteiger partial charge on any atom is -0.325 e. The number of halogens is 1. The molecule has 0 heterocycles. The third-order valence-corrected chi connectivity index (χ3v) is 4.20. The molecule has 2 rings (SSSR count). The molecule has 2 aromatic carbocycles. The molecule has 1 amide bonds. The number of hydrogen-bond acceptors (Lipinski definition) is 2. The van der Waals surface area contributed by atoms with Crippen LogP contribution in [0.15, 0.2) is 65.6 Å². The van der Waals surface area contributed by atoms with Crippen molar-refractivity contribution in [1.29, 1.82) is 0 Å². The molecule has 0 radical (unpaired) electrons. The average Bonchev–Trinajstić information content (AvgIpc) is 2.47. The zero-order valence-corrected chi connectivity index (χ0v) is 11.8. The summed E-state index contributed by atoms with van der Waals surface area (Å²) >= 11 is 7.37. The molecule has 98 valence electrons. The number of hydrogen-bond donors (Lipinski definition) is 1. The van der Waals surface area contributed by atoms with Crippen molar-refractivity contribution in [2.75, 3.05) is 11.2 Å². The zero-order chi connectivity index (χ0) is 13.5. The molecule has 1 unspecified atom stereocenters. The Morgan fingerprint density at radius 1 is 1.05 bits per heavy atom. The maximum absolute atomic E-state index is 12.1. The van der Waals surface area contributed by atoms with Gasteiger partial charge in [-0.2, -0.15) is 0 Å². The predicted molar refractivity (Wildman–Crippen MR) is 81.9 cm³/mol. The van der Waals surface area contributed by atoms with Crippen molar-refractivity contribution in [3.8, 4) is 0 Å². The van der Waals surface area contributed by atoms with E-state index in [0.717, 1.165) is 10.6 Å². The predicted octanol–water partition coefficient (Wildman–Crippen LogP) is 4.02. The normalized spacial score (nSPS) is 11.8. The van der Waals surface area contributed by atoms with Crippen LogP contribution in [0, 0.1) is 0 Å². The minimum absolute atomic E-state index is 0.0740. The van der Waals surface area contributed by atoms with Crippen molar-refractivity contribution < 1.29 is 4.79 Å². The molecule has 0 aliphatic heterocycles. The maximum atomic E-state index is 12.1. The Morgan fingerprint density at radius 2 is 1.63 bits per heavy atom. The van der Waals surface area contributed by atoms with Crippen LogP contribution in [-0.2, 0) is 4.79 Å². The number of alkyl halides is 1. The number of amides is 1. The van der Waals surface area contributed by atoms with E-state index in [-0.39, 0.29) is 17.0 Å². The third-order valence-electron chi connectivity index (χ3n) is 2.50. The topological polar surface area (TPSA) is 29.1 Å². The summed E-state index contributed by atoms with van der Waals surface area (Å²) in [6, 6.07) is 19.2. The summed E-state index contributed by atoms with van der Waals surface area (Å²) in [5.41, 5.74) is 0.788. The SMILES string of the molecule is O=C(Nc1ccccc1)C(CCl)Sc1ccccc1. The molecule has 0 saturated heterocycles. The average molecular weight is 292 g/mol. The van der Waals surface area contributed by atoms with E-state index in [1.807, 2.05) is 60.7 Å². The second-order valence-electron chi connectivity index (χ2n) is 3.93. The summed E-state index contributed by atoms with van der Waals surface area (Å²) < 4.78 is 0. The fourth-order valence-electron chi connectivity index (χ4n) is 1.56. The summed E-state index contributed by atoms with van der Waals surface area (Å²) in [4.78, 5) is 13.2. The van der Waals surface area contributed by atoms with Crippen LogP contribution in [-0.4, -0.2) is 17.0 Å². The van der Waals surface area contributed by atoms with Gasteiger partial charge in [0.1, 0.15) is 5.25 Å². The molecule has 0 bridgehead atoms. The number of thioether (sulfide) groups is 1. The quantitative estimate of drug-likeness (QED) is 0.666. The van der Waals surface area contributed by atoms with Gasteiger partial charge < -0.3 is 5.32 Å². The Balaban J connectivity index is 2.00. The van der Waals surface area contributed by atoms with Crippen molar-refractivity contribution >= 4 is 35.0 Å². The Morgan fingerprint density at radius 3 is 2.21 bits per heavy atom. The van der Waals surface area contributed by atoms with E-state index in [1.54, 1.807) is 0 Å². The van der Waals surface area contributed by atoms with Gasteiger partial charge in [0.2, 0.25) is 5.91 Å². The molecule has 2 nitrogen and oxygen atoms in total. The van der Waals surface area contributed by atoms with Gasteiger partial charge in [-0.05, 0) is 24.3 Å². The number of rotatable bonds is 5. The fraction of sp³-hybridized carbons (Fsp3) is 0.133. The van der Waals surface area contributed by atoms with Gasteiger partial charge in [0.15, 0.2) is 0 Å². The molecule has 0 aromatic heterocycles. The highest BCUT2D eigenvalue weighted by Crippen LogP contribution is 2.25. The summed E-state index contributed by atoms with van der Waals surface area (Å²) in [5, 5.41) is 2.57. The third kappa shape index (κ3) is 4.30. The molecule has 0 spiro atoms. The Hall–Kier alpha value is -1.45. The van der Waals surface area contributed by atoms with Crippen LogP contribution in [0.3, 0.4) is 0 Å². The monoisotopic (exact) mass is 291 g/mol. The van der Waals surface area contributed by atoms with E-state index >= 15 is 0 Å². The number of para-hydroxylation sites is 1. The van der Waals surface area contributed by atoms with Gasteiger partial charge in [0.05, 0.1) is 0 Å². The summed E-state index contributed by atoms with van der Waals surface area (Å²) in [6.07, 6.45) is 0. The molecule has 1 atom stereocenters. The molecule has 0 fully saturated rings. The first-order valence-corrected chi connectivity index (χ1v) is 7.34. The van der Waals surface area contributed by atoms with Crippen LogP contribution in [0.1, 0.15) is 0 Å². The largest absolute Gasteiger partial charge is 0.325 e. The zero-order valence-electron chi connectivity index (χ0n) is 10.3. The number of nitrogens with one attached hydrogen (secondary N) is 1. The molecule has 2 aromatic rings. The standard InChI is InChI=1S/C15H14ClNOS/c16-11-14(19-13-9-5-2-6-10-13)15(18)17-12-7-3-1-4-8-12/h1-10,14H,11H2,(H,17,18). The summed E-state index contributed by atoms with van der Waals surface area (Å²) in [6.45, 7) is 0. The molecule has 0 aliphatic rings. The molecule has 19 heavy (non-hydrogen) atoms. The Kier molecular flexibility index (Phi) is 5.31. The van der Waals surface area contributed by atoms with Crippen molar-refractivity contribution in [1.82, 2.24) is 0 Å². The Labute approximate surface area is 122 Å². The second kappa shape index (κ2) is 7.22. The maximum Gasteiger partial charge on any atom is 0.239 e. The van der Waals surface area contributed by atoms with Crippen LogP contribution in [0.5, 0.6) is 0 Å². The van der Waals surface area contributed by atoms with E-state index in [9.17, 15) is 4.79 Å². The van der Waals surface area contributed by atoms with Crippen LogP contribution in [0.4, 0.5) is 5.69 Å². The Bertz CT molecular complexity index is 518. The van der Waals surface area contributed by atoms with Crippen LogP contribution in [0.2, 0.25) is 0 Å². The highest BCUT2D eigenvalue weighted by molar-refractivity contribution is 8.00. The molecular formula is C15H14ClNOS. The van der Waals surface area contributed by atoms with Crippen molar-refractivity contribution in [2.24, 2.45) is 0 Å². The van der Waals surface area contributed by atoms with Gasteiger partial charge in [0, 0.05) is 16.5 Å². The van der Waals surface area contributed by atoms with Crippen molar-refractivity contribution in [2.45, 2.75) is 10.1 Å². The van der Waals surface area contributed by atoms with Gasteiger partial charge in [-0.3, -0.25) is 4.79 Å². The van der Waals surface area contributed by atoms with Gasteiger partial charge >= 0.3 is 0 Å². The lowest BCUT2D eigenvalue weighted by atomic mass is 10.3. The molecule has 1 N–H and O–H groups in total. The second-order valence-corrected chi connectivity index (χ2v) is 5.51. The van der Waals surface area contributed by atoms with Gasteiger partial charge in [-0.15, -0.1) is 23.4 Å². The number of anilines is 1. The van der Waals surface area contributed by atoms with Crippen LogP contribution in [0.25, 0.3) is 0 Å². The number of carbonyl (C=O) groups is 1. The smallest absolute Gasteiger partial charge is 0.239 e. The van der Waals surface area contributed by atoms with E-state index in [2.05, 4.69) is 5.32 Å². The molecular weight excluding hydrogens is 278 g/mol. The van der Waals surface area contributed by atoms with E-state index in [4.69, 9.17) is 11.6 Å². The van der Waals surface area contributed by atoms with Crippen LogP contribution < -0.4 is 5.32 Å².